The minimum atomic E-state index is -4.41. The Kier molecular flexibility index (Phi) is 5.09. The Morgan fingerprint density at radius 1 is 1.31 bits per heavy atom. The van der Waals surface area contributed by atoms with Gasteiger partial charge in [0.15, 0.2) is 0 Å². The Balaban J connectivity index is 0.00000225. The quantitative estimate of drug-likeness (QED) is 0.881. The van der Waals surface area contributed by atoms with Gasteiger partial charge in [0, 0.05) is 6.04 Å². The van der Waals surface area contributed by atoms with E-state index in [0.29, 0.717) is 0 Å². The van der Waals surface area contributed by atoms with Gasteiger partial charge in [-0.05, 0) is 24.6 Å². The summed E-state index contributed by atoms with van der Waals surface area (Å²) < 4.78 is 42.6. The van der Waals surface area contributed by atoms with Crippen LogP contribution in [0, 0.1) is 0 Å². The molecule has 0 heterocycles. The molecule has 1 rings (SSSR count). The van der Waals surface area contributed by atoms with Crippen molar-refractivity contribution in [3.8, 4) is 5.75 Å². The van der Waals surface area contributed by atoms with Crippen molar-refractivity contribution in [2.75, 3.05) is 7.11 Å². The van der Waals surface area contributed by atoms with Gasteiger partial charge >= 0.3 is 6.18 Å². The summed E-state index contributed by atoms with van der Waals surface area (Å²) in [4.78, 5) is 0. The summed E-state index contributed by atoms with van der Waals surface area (Å²) in [6.07, 6.45) is -4.41. The van der Waals surface area contributed by atoms with Gasteiger partial charge in [-0.1, -0.05) is 6.07 Å². The lowest BCUT2D eigenvalue weighted by Crippen LogP contribution is -2.15. The highest BCUT2D eigenvalue weighted by Gasteiger charge is 2.34. The number of benzene rings is 1. The summed E-state index contributed by atoms with van der Waals surface area (Å²) in [5, 5.41) is 0. The topological polar surface area (TPSA) is 35.2 Å². The smallest absolute Gasteiger partial charge is 0.416 e. The first-order valence-electron chi connectivity index (χ1n) is 4.37. The van der Waals surface area contributed by atoms with Crippen molar-refractivity contribution < 1.29 is 17.9 Å². The summed E-state index contributed by atoms with van der Waals surface area (Å²) in [5.41, 5.74) is 4.80. The molecule has 0 fully saturated rings. The molecule has 6 heteroatoms. The Morgan fingerprint density at radius 3 is 2.25 bits per heavy atom. The SMILES string of the molecule is COc1ccc([C@@H](C)N)c(C(F)(F)F)c1.Cl. The lowest BCUT2D eigenvalue weighted by atomic mass is 10.0. The molecular formula is C10H13ClF3NO. The van der Waals surface area contributed by atoms with Gasteiger partial charge in [0.1, 0.15) is 5.75 Å². The van der Waals surface area contributed by atoms with Crippen LogP contribution in [0.2, 0.25) is 0 Å². The molecule has 0 aromatic heterocycles. The molecule has 2 N–H and O–H groups in total. The van der Waals surface area contributed by atoms with Crippen LogP contribution < -0.4 is 10.5 Å². The second-order valence-electron chi connectivity index (χ2n) is 3.24. The van der Waals surface area contributed by atoms with Crippen molar-refractivity contribution in [3.63, 3.8) is 0 Å². The monoisotopic (exact) mass is 255 g/mol. The van der Waals surface area contributed by atoms with Crippen molar-refractivity contribution in [2.45, 2.75) is 19.1 Å². The molecule has 0 aliphatic carbocycles. The average Bonchev–Trinajstić information content (AvgIpc) is 2.15. The van der Waals surface area contributed by atoms with Gasteiger partial charge in [-0.15, -0.1) is 12.4 Å². The average molecular weight is 256 g/mol. The van der Waals surface area contributed by atoms with Crippen LogP contribution in [0.4, 0.5) is 13.2 Å². The molecule has 0 spiro atoms. The van der Waals surface area contributed by atoms with Crippen LogP contribution in [-0.4, -0.2) is 7.11 Å². The summed E-state index contributed by atoms with van der Waals surface area (Å²) in [7, 11) is 1.32. The largest absolute Gasteiger partial charge is 0.497 e. The fourth-order valence-corrected chi connectivity index (χ4v) is 1.30. The zero-order chi connectivity index (χ0) is 11.6. The number of rotatable bonds is 2. The van der Waals surface area contributed by atoms with Crippen LogP contribution in [-0.2, 0) is 6.18 Å². The highest BCUT2D eigenvalue weighted by Crippen LogP contribution is 2.36. The van der Waals surface area contributed by atoms with Gasteiger partial charge < -0.3 is 10.5 Å². The minimum absolute atomic E-state index is 0. The van der Waals surface area contributed by atoms with Gasteiger partial charge in [-0.3, -0.25) is 0 Å². The van der Waals surface area contributed by atoms with E-state index >= 15 is 0 Å². The summed E-state index contributed by atoms with van der Waals surface area (Å²) in [5.74, 6) is 0.173. The minimum Gasteiger partial charge on any atom is -0.497 e. The summed E-state index contributed by atoms with van der Waals surface area (Å²) in [6.45, 7) is 1.51. The molecule has 2 nitrogen and oxygen atoms in total. The van der Waals surface area contributed by atoms with Crippen LogP contribution in [0.3, 0.4) is 0 Å². The first-order chi connectivity index (χ1) is 6.86. The van der Waals surface area contributed by atoms with E-state index in [2.05, 4.69) is 0 Å². The van der Waals surface area contributed by atoms with Gasteiger partial charge in [0.25, 0.3) is 0 Å². The third kappa shape index (κ3) is 3.28. The number of halogens is 4. The molecule has 1 atom stereocenters. The van der Waals surface area contributed by atoms with E-state index in [1.807, 2.05) is 0 Å². The Bertz CT molecular complexity index is 352. The fourth-order valence-electron chi connectivity index (χ4n) is 1.30. The molecule has 0 aliphatic rings. The lowest BCUT2D eigenvalue weighted by molar-refractivity contribution is -0.138. The molecule has 92 valence electrons. The zero-order valence-corrected chi connectivity index (χ0v) is 9.65. The van der Waals surface area contributed by atoms with Crippen molar-refractivity contribution >= 4 is 12.4 Å². The Morgan fingerprint density at radius 2 is 1.88 bits per heavy atom. The van der Waals surface area contributed by atoms with Gasteiger partial charge in [-0.25, -0.2) is 0 Å². The number of methoxy groups -OCH3 is 1. The van der Waals surface area contributed by atoms with Crippen molar-refractivity contribution in [1.82, 2.24) is 0 Å². The number of ether oxygens (including phenoxy) is 1. The maximum Gasteiger partial charge on any atom is 0.416 e. The Labute approximate surface area is 98.0 Å². The molecule has 1 aromatic rings. The van der Waals surface area contributed by atoms with Crippen molar-refractivity contribution in [2.24, 2.45) is 5.73 Å². The molecule has 1 aromatic carbocycles. The van der Waals surface area contributed by atoms with Crippen molar-refractivity contribution in [1.29, 1.82) is 0 Å². The third-order valence-electron chi connectivity index (χ3n) is 2.06. The van der Waals surface area contributed by atoms with Crippen LogP contribution >= 0.6 is 12.4 Å². The van der Waals surface area contributed by atoms with Crippen LogP contribution in [0.1, 0.15) is 24.1 Å². The van der Waals surface area contributed by atoms with Crippen LogP contribution in [0.5, 0.6) is 5.75 Å². The highest BCUT2D eigenvalue weighted by atomic mass is 35.5. The zero-order valence-electron chi connectivity index (χ0n) is 8.84. The lowest BCUT2D eigenvalue weighted by Gasteiger charge is -2.16. The molecule has 16 heavy (non-hydrogen) atoms. The fraction of sp³-hybridized carbons (Fsp3) is 0.400. The molecule has 0 unspecified atom stereocenters. The Hall–Kier alpha value is -0.940. The van der Waals surface area contributed by atoms with Gasteiger partial charge in [-0.2, -0.15) is 13.2 Å². The van der Waals surface area contributed by atoms with E-state index in [1.165, 1.54) is 26.2 Å². The number of alkyl halides is 3. The van der Waals surface area contributed by atoms with Gasteiger partial charge in [0.2, 0.25) is 0 Å². The van der Waals surface area contributed by atoms with E-state index in [-0.39, 0.29) is 23.7 Å². The molecule has 0 aliphatic heterocycles. The maximum absolute atomic E-state index is 12.6. The van der Waals surface area contributed by atoms with Crippen LogP contribution in [0.25, 0.3) is 0 Å². The molecular weight excluding hydrogens is 243 g/mol. The highest BCUT2D eigenvalue weighted by molar-refractivity contribution is 5.85. The van der Waals surface area contributed by atoms with E-state index in [0.717, 1.165) is 6.07 Å². The van der Waals surface area contributed by atoms with Crippen molar-refractivity contribution in [3.05, 3.63) is 29.3 Å². The first kappa shape index (κ1) is 15.1. The molecule has 0 bridgehead atoms. The summed E-state index contributed by atoms with van der Waals surface area (Å²) >= 11 is 0. The number of hydrogen-bond acceptors (Lipinski definition) is 2. The summed E-state index contributed by atoms with van der Waals surface area (Å²) in [6, 6.07) is 3.10. The van der Waals surface area contributed by atoms with E-state index in [1.54, 1.807) is 0 Å². The molecule has 0 saturated heterocycles. The third-order valence-corrected chi connectivity index (χ3v) is 2.06. The second kappa shape index (κ2) is 5.41. The van der Waals surface area contributed by atoms with Crippen LogP contribution in [0.15, 0.2) is 18.2 Å². The number of nitrogens with two attached hydrogens (primary N) is 1. The maximum atomic E-state index is 12.6. The predicted molar refractivity (Wildman–Crippen MR) is 57.8 cm³/mol. The standard InChI is InChI=1S/C10H12F3NO.ClH/c1-6(14)8-4-3-7(15-2)5-9(8)10(11,12)13;/h3-6H,14H2,1-2H3;1H/t6-;/m1./s1. The molecule has 0 radical (unpaired) electrons. The van der Waals surface area contributed by atoms with E-state index < -0.39 is 17.8 Å². The molecule has 0 saturated carbocycles. The predicted octanol–water partition coefficient (Wildman–Crippen LogP) is 3.16. The van der Waals surface area contributed by atoms with Gasteiger partial charge in [0.05, 0.1) is 12.7 Å². The second-order valence-corrected chi connectivity index (χ2v) is 3.24. The first-order valence-corrected chi connectivity index (χ1v) is 4.37. The number of hydrogen-bond donors (Lipinski definition) is 1. The van der Waals surface area contributed by atoms with E-state index in [4.69, 9.17) is 10.5 Å². The van der Waals surface area contributed by atoms with E-state index in [9.17, 15) is 13.2 Å². The normalized spacial score (nSPS) is 12.9. The molecule has 0 amide bonds.